The van der Waals surface area contributed by atoms with Gasteiger partial charge in [0.05, 0.1) is 12.2 Å². The number of oxazole rings is 1. The molecule has 1 atom stereocenters. The van der Waals surface area contributed by atoms with Crippen LogP contribution in [0, 0.1) is 0 Å². The van der Waals surface area contributed by atoms with Crippen LogP contribution in [-0.4, -0.2) is 30.1 Å². The number of benzene rings is 2. The van der Waals surface area contributed by atoms with Gasteiger partial charge in [-0.3, -0.25) is 4.79 Å². The van der Waals surface area contributed by atoms with Crippen LogP contribution >= 0.6 is 23.2 Å². The number of esters is 1. The molecule has 0 spiro atoms. The first-order chi connectivity index (χ1) is 13.0. The summed E-state index contributed by atoms with van der Waals surface area (Å²) < 4.78 is 15.7. The number of hydrogen-bond donors (Lipinski definition) is 0. The van der Waals surface area contributed by atoms with Gasteiger partial charge in [0.1, 0.15) is 11.6 Å². The van der Waals surface area contributed by atoms with Crippen LogP contribution in [0.4, 0.5) is 0 Å². The fraction of sp³-hybridized carbons (Fsp3) is 0.211. The second-order valence-electron chi connectivity index (χ2n) is 5.83. The topological polar surface area (TPSA) is 78.6 Å². The van der Waals surface area contributed by atoms with Gasteiger partial charge in [0.25, 0.3) is 6.47 Å². The van der Waals surface area contributed by atoms with E-state index >= 15 is 0 Å². The van der Waals surface area contributed by atoms with Gasteiger partial charge in [0.15, 0.2) is 5.58 Å². The van der Waals surface area contributed by atoms with Crippen molar-refractivity contribution in [3.63, 3.8) is 0 Å². The van der Waals surface area contributed by atoms with Crippen LogP contribution in [0.25, 0.3) is 22.6 Å². The van der Waals surface area contributed by atoms with E-state index < -0.39 is 12.1 Å². The molecule has 0 aliphatic rings. The molecule has 1 aromatic heterocycles. The largest absolute Gasteiger partial charge is 0.468 e. The molecule has 140 valence electrons. The lowest BCUT2D eigenvalue weighted by Gasteiger charge is -2.12. The molecule has 0 N–H and O–H groups in total. The van der Waals surface area contributed by atoms with Gasteiger partial charge in [-0.15, -0.1) is 0 Å². The van der Waals surface area contributed by atoms with Gasteiger partial charge in [-0.1, -0.05) is 23.2 Å². The van der Waals surface area contributed by atoms with E-state index in [1.165, 1.54) is 0 Å². The van der Waals surface area contributed by atoms with Crippen LogP contribution in [0.3, 0.4) is 0 Å². The van der Waals surface area contributed by atoms with Gasteiger partial charge in [-0.2, -0.15) is 0 Å². The molecule has 1 heterocycles. The van der Waals surface area contributed by atoms with Gasteiger partial charge in [0, 0.05) is 22.0 Å². The van der Waals surface area contributed by atoms with Crippen LogP contribution in [0.1, 0.15) is 23.7 Å². The summed E-state index contributed by atoms with van der Waals surface area (Å²) in [4.78, 5) is 26.8. The van der Waals surface area contributed by atoms with E-state index in [1.807, 2.05) is 0 Å². The van der Waals surface area contributed by atoms with E-state index in [9.17, 15) is 9.59 Å². The van der Waals surface area contributed by atoms with Crippen LogP contribution in [0.5, 0.6) is 0 Å². The Hall–Kier alpha value is -2.57. The Labute approximate surface area is 165 Å². The molecule has 0 aliphatic heterocycles. The zero-order chi connectivity index (χ0) is 19.4. The smallest absolute Gasteiger partial charge is 0.338 e. The standard InChI is InChI=1S/C19H15Cl2NO5/c1-11(4-5-25-10-23)26-19(24)12-2-3-16-17(8-12)27-18(22-16)13-6-14(20)9-15(21)7-13/h2-3,6-11H,4-5H2,1H3. The van der Waals surface area contributed by atoms with Crippen LogP contribution in [0.15, 0.2) is 40.8 Å². The Bertz CT molecular complexity index is 965. The third kappa shape index (κ3) is 4.78. The highest BCUT2D eigenvalue weighted by molar-refractivity contribution is 6.35. The number of carbonyl (C=O) groups is 2. The number of aromatic nitrogens is 1. The molecule has 0 fully saturated rings. The summed E-state index contributed by atoms with van der Waals surface area (Å²) in [5, 5.41) is 0.938. The van der Waals surface area contributed by atoms with E-state index in [-0.39, 0.29) is 6.61 Å². The minimum absolute atomic E-state index is 0.185. The maximum absolute atomic E-state index is 12.3. The van der Waals surface area contributed by atoms with Crippen molar-refractivity contribution < 1.29 is 23.5 Å². The van der Waals surface area contributed by atoms with Crippen molar-refractivity contribution in [1.82, 2.24) is 4.98 Å². The lowest BCUT2D eigenvalue weighted by atomic mass is 10.2. The predicted octanol–water partition coefficient (Wildman–Crippen LogP) is 4.91. The first-order valence-electron chi connectivity index (χ1n) is 8.09. The van der Waals surface area contributed by atoms with Crippen molar-refractivity contribution in [3.8, 4) is 11.5 Å². The monoisotopic (exact) mass is 407 g/mol. The van der Waals surface area contributed by atoms with E-state index in [1.54, 1.807) is 43.3 Å². The van der Waals surface area contributed by atoms with Gasteiger partial charge >= 0.3 is 5.97 Å². The van der Waals surface area contributed by atoms with Crippen LogP contribution < -0.4 is 0 Å². The molecule has 27 heavy (non-hydrogen) atoms. The number of hydrogen-bond acceptors (Lipinski definition) is 6. The molecule has 0 bridgehead atoms. The number of carbonyl (C=O) groups excluding carboxylic acids is 2. The van der Waals surface area contributed by atoms with E-state index in [0.29, 0.717) is 51.1 Å². The van der Waals surface area contributed by atoms with Gasteiger partial charge < -0.3 is 13.9 Å². The molecule has 0 radical (unpaired) electrons. The third-order valence-corrected chi connectivity index (χ3v) is 4.19. The highest BCUT2D eigenvalue weighted by Crippen LogP contribution is 2.29. The average Bonchev–Trinajstić information content (AvgIpc) is 3.04. The van der Waals surface area contributed by atoms with Gasteiger partial charge in [0.2, 0.25) is 5.89 Å². The third-order valence-electron chi connectivity index (χ3n) is 3.75. The molecule has 8 heteroatoms. The average molecular weight is 408 g/mol. The summed E-state index contributed by atoms with van der Waals surface area (Å²) in [6, 6.07) is 9.84. The maximum atomic E-state index is 12.3. The molecule has 0 aliphatic carbocycles. The van der Waals surface area contributed by atoms with Crippen LogP contribution in [0.2, 0.25) is 10.0 Å². The number of halogens is 2. The molecule has 3 rings (SSSR count). The van der Waals surface area contributed by atoms with Gasteiger partial charge in [-0.25, -0.2) is 9.78 Å². The summed E-state index contributed by atoms with van der Waals surface area (Å²) in [6.45, 7) is 2.27. The van der Waals surface area contributed by atoms with Crippen molar-refractivity contribution in [2.24, 2.45) is 0 Å². The number of fused-ring (bicyclic) bond motifs is 1. The first-order valence-corrected chi connectivity index (χ1v) is 8.85. The Morgan fingerprint density at radius 3 is 2.67 bits per heavy atom. The molecule has 6 nitrogen and oxygen atoms in total. The van der Waals surface area contributed by atoms with Crippen molar-refractivity contribution in [1.29, 1.82) is 0 Å². The fourth-order valence-electron chi connectivity index (χ4n) is 2.44. The highest BCUT2D eigenvalue weighted by atomic mass is 35.5. The summed E-state index contributed by atoms with van der Waals surface area (Å²) in [5.41, 5.74) is 1.99. The molecule has 0 saturated carbocycles. The number of ether oxygens (including phenoxy) is 2. The summed E-state index contributed by atoms with van der Waals surface area (Å²) in [5.74, 6) is -0.154. The summed E-state index contributed by atoms with van der Waals surface area (Å²) >= 11 is 12.0. The first kappa shape index (κ1) is 19.2. The molecule has 0 saturated heterocycles. The fourth-order valence-corrected chi connectivity index (χ4v) is 2.97. The van der Waals surface area contributed by atoms with E-state index in [4.69, 9.17) is 32.4 Å². The van der Waals surface area contributed by atoms with Crippen molar-refractivity contribution in [3.05, 3.63) is 52.0 Å². The molecular weight excluding hydrogens is 393 g/mol. The molecule has 2 aromatic carbocycles. The normalized spacial score (nSPS) is 12.0. The summed E-state index contributed by atoms with van der Waals surface area (Å²) in [6.07, 6.45) is 0.0152. The zero-order valence-corrected chi connectivity index (χ0v) is 15.8. The van der Waals surface area contributed by atoms with E-state index in [2.05, 4.69) is 9.72 Å². The van der Waals surface area contributed by atoms with Gasteiger partial charge in [-0.05, 0) is 43.3 Å². The Morgan fingerprint density at radius 1 is 1.22 bits per heavy atom. The number of nitrogens with zero attached hydrogens (tertiary/aromatic N) is 1. The zero-order valence-electron chi connectivity index (χ0n) is 14.3. The minimum Gasteiger partial charge on any atom is -0.468 e. The molecule has 1 unspecified atom stereocenters. The van der Waals surface area contributed by atoms with E-state index in [0.717, 1.165) is 0 Å². The number of rotatable bonds is 7. The minimum atomic E-state index is -0.501. The Kier molecular flexibility index (Phi) is 5.98. The maximum Gasteiger partial charge on any atom is 0.338 e. The SMILES string of the molecule is CC(CCOC=O)OC(=O)c1ccc2nc(-c3cc(Cl)cc(Cl)c3)oc2c1. The highest BCUT2D eigenvalue weighted by Gasteiger charge is 2.16. The quantitative estimate of drug-likeness (QED) is 0.314. The molecular formula is C19H15Cl2NO5. The molecule has 0 amide bonds. The molecule has 3 aromatic rings. The van der Waals surface area contributed by atoms with Crippen molar-refractivity contribution in [2.45, 2.75) is 19.4 Å². The predicted molar refractivity (Wildman–Crippen MR) is 101 cm³/mol. The second kappa shape index (κ2) is 8.41. The Morgan fingerprint density at radius 2 is 1.96 bits per heavy atom. The lowest BCUT2D eigenvalue weighted by Crippen LogP contribution is -2.16. The summed E-state index contributed by atoms with van der Waals surface area (Å²) in [7, 11) is 0. The van der Waals surface area contributed by atoms with Crippen molar-refractivity contribution >= 4 is 46.7 Å². The lowest BCUT2D eigenvalue weighted by molar-refractivity contribution is -0.129. The Balaban J connectivity index is 1.79. The van der Waals surface area contributed by atoms with Crippen molar-refractivity contribution in [2.75, 3.05) is 6.61 Å². The van der Waals surface area contributed by atoms with Crippen LogP contribution in [-0.2, 0) is 14.3 Å². The second-order valence-corrected chi connectivity index (χ2v) is 6.70.